The number of oxime groups is 1. The van der Waals surface area contributed by atoms with Gasteiger partial charge in [-0.2, -0.15) is 4.80 Å². The first-order chi connectivity index (χ1) is 26.0. The van der Waals surface area contributed by atoms with E-state index in [1.54, 1.807) is 0 Å². The number of phenolic OH excluding ortho intramolecular Hbond substituents is 4. The molecule has 22 nitrogen and oxygen atoms in total. The Morgan fingerprint density at radius 1 is 1.04 bits per heavy atom. The normalized spacial score (nSPS) is 16.9. The molecule has 4 heterocycles. The lowest BCUT2D eigenvalue weighted by atomic mass is 10.0. The minimum atomic E-state index is -1.83. The Labute approximate surface area is 316 Å². The van der Waals surface area contributed by atoms with Crippen LogP contribution in [-0.2, 0) is 30.6 Å². The molecule has 0 radical (unpaired) electrons. The second-order valence-electron chi connectivity index (χ2n) is 12.2. The number of thiazole rings is 1. The number of anilines is 1. The summed E-state index contributed by atoms with van der Waals surface area (Å²) >= 11 is 2.13. The Balaban J connectivity index is 1.14. The first-order valence-corrected chi connectivity index (χ1v) is 17.6. The number of β-lactam (4-membered cyclic amide) rings is 1. The molecule has 1 fully saturated rings. The van der Waals surface area contributed by atoms with Gasteiger partial charge in [0.1, 0.15) is 22.8 Å². The fourth-order valence-electron chi connectivity index (χ4n) is 5.08. The van der Waals surface area contributed by atoms with Crippen molar-refractivity contribution >= 4 is 63.5 Å². The largest absolute Gasteiger partial charge is 0.504 e. The Morgan fingerprint density at radius 2 is 1.75 bits per heavy atom. The summed E-state index contributed by atoms with van der Waals surface area (Å²) in [5.41, 5.74) is 7.85. The predicted octanol–water partition coefficient (Wildman–Crippen LogP) is -0.399. The summed E-state index contributed by atoms with van der Waals surface area (Å²) in [5.74, 6) is -6.45. The van der Waals surface area contributed by atoms with Gasteiger partial charge in [0, 0.05) is 22.3 Å². The van der Waals surface area contributed by atoms with Crippen molar-refractivity contribution in [2.45, 2.75) is 37.4 Å². The van der Waals surface area contributed by atoms with Crippen LogP contribution in [0.2, 0.25) is 0 Å². The molecule has 1 saturated heterocycles. The molecule has 4 amide bonds. The molecule has 6 rings (SSSR count). The average molecular weight is 796 g/mol. The fourth-order valence-corrected chi connectivity index (χ4v) is 6.96. The number of hydrogen-bond donors (Lipinski definition) is 9. The number of aliphatic carboxylic acids is 1. The number of aromatic nitrogens is 5. The molecule has 10 N–H and O–H groups in total. The lowest BCUT2D eigenvalue weighted by Gasteiger charge is -2.49. The average Bonchev–Trinajstić information content (AvgIpc) is 3.80. The molecule has 2 aliphatic rings. The molecule has 55 heavy (non-hydrogen) atoms. The molecule has 286 valence electrons. The van der Waals surface area contributed by atoms with Gasteiger partial charge in [-0.05, 0) is 61.0 Å². The van der Waals surface area contributed by atoms with Crippen molar-refractivity contribution in [3.8, 4) is 34.4 Å². The number of fused-ring (bicyclic) bond motifs is 1. The third-order valence-corrected chi connectivity index (χ3v) is 9.99. The summed E-state index contributed by atoms with van der Waals surface area (Å²) < 4.78 is 0. The topological polar surface area (TPSA) is 330 Å². The summed E-state index contributed by atoms with van der Waals surface area (Å²) in [6.45, 7) is 2.38. The van der Waals surface area contributed by atoms with Gasteiger partial charge in [0.15, 0.2) is 33.8 Å². The molecule has 2 atom stereocenters. The van der Waals surface area contributed by atoms with Gasteiger partial charge in [0.25, 0.3) is 23.6 Å². The van der Waals surface area contributed by atoms with Crippen molar-refractivity contribution < 1.29 is 54.3 Å². The number of hydrogen-bond acceptors (Lipinski definition) is 18. The van der Waals surface area contributed by atoms with E-state index in [9.17, 15) is 49.5 Å². The van der Waals surface area contributed by atoms with E-state index in [-0.39, 0.29) is 51.5 Å². The van der Waals surface area contributed by atoms with Crippen LogP contribution in [0.25, 0.3) is 11.4 Å². The van der Waals surface area contributed by atoms with Crippen LogP contribution < -0.4 is 21.9 Å². The monoisotopic (exact) mass is 795 g/mol. The van der Waals surface area contributed by atoms with Crippen LogP contribution in [0.1, 0.15) is 29.9 Å². The molecule has 2 aromatic heterocycles. The van der Waals surface area contributed by atoms with Gasteiger partial charge in [-0.3, -0.25) is 34.9 Å². The number of tetrazole rings is 1. The van der Waals surface area contributed by atoms with Crippen LogP contribution in [-0.4, -0.2) is 114 Å². The van der Waals surface area contributed by atoms with E-state index in [2.05, 4.69) is 41.7 Å². The quantitative estimate of drug-likeness (QED) is 0.0403. The number of carboxylic acid groups (broad SMARTS) is 1. The lowest BCUT2D eigenvalue weighted by molar-refractivity contribution is -0.150. The maximum Gasteiger partial charge on any atom is 0.352 e. The first-order valence-electron chi connectivity index (χ1n) is 15.7. The highest BCUT2D eigenvalue weighted by Gasteiger charge is 2.54. The van der Waals surface area contributed by atoms with E-state index in [0.29, 0.717) is 5.56 Å². The third kappa shape index (κ3) is 7.74. The van der Waals surface area contributed by atoms with Crippen LogP contribution in [0.3, 0.4) is 0 Å². The van der Waals surface area contributed by atoms with Gasteiger partial charge in [-0.25, -0.2) is 9.78 Å². The zero-order valence-electron chi connectivity index (χ0n) is 28.3. The number of aromatic hydroxyl groups is 4. The van der Waals surface area contributed by atoms with Gasteiger partial charge < -0.3 is 41.4 Å². The highest BCUT2D eigenvalue weighted by molar-refractivity contribution is 8.00. The molecule has 0 aliphatic carbocycles. The summed E-state index contributed by atoms with van der Waals surface area (Å²) in [4.78, 5) is 76.4. The summed E-state index contributed by atoms with van der Waals surface area (Å²) in [6.07, 6.45) is 0. The van der Waals surface area contributed by atoms with Gasteiger partial charge in [0.2, 0.25) is 11.4 Å². The first kappa shape index (κ1) is 37.8. The van der Waals surface area contributed by atoms with Gasteiger partial charge in [-0.1, -0.05) is 5.16 Å². The van der Waals surface area contributed by atoms with Gasteiger partial charge in [0.05, 0.1) is 6.54 Å². The van der Waals surface area contributed by atoms with Gasteiger partial charge in [-0.15, -0.1) is 33.3 Å². The Bertz CT molecular complexity index is 2310. The highest BCUT2D eigenvalue weighted by Crippen LogP contribution is 2.41. The molecule has 0 spiro atoms. The van der Waals surface area contributed by atoms with E-state index < -0.39 is 69.6 Å². The molecule has 2 aliphatic heterocycles. The fraction of sp³-hybridized carbons (Fsp3) is 0.226. The number of rotatable bonds is 11. The van der Waals surface area contributed by atoms with Crippen LogP contribution in [0.15, 0.2) is 58.2 Å². The maximum atomic E-state index is 13.6. The number of carboxylic acids is 1. The number of benzene rings is 2. The zero-order valence-corrected chi connectivity index (χ0v) is 30.0. The maximum absolute atomic E-state index is 13.6. The molecule has 24 heteroatoms. The molecular formula is C31H29N11O11S2. The van der Waals surface area contributed by atoms with Crippen molar-refractivity contribution in [1.29, 1.82) is 0 Å². The van der Waals surface area contributed by atoms with Crippen LogP contribution in [0, 0.1) is 0 Å². The SMILES string of the molecule is CC(C)(O/N=C(\C(=O)N[C@@H]1C(=O)N2C(C(=O)O)=C(Cn3nnc(-c4ccc(O)c(O)c4)n3)CS[C@H]12)c1csc(N)n1)C(=O)NNC(=O)c1ccc(O)c(O)c1. The molecular weight excluding hydrogens is 767 g/mol. The summed E-state index contributed by atoms with van der Waals surface area (Å²) in [5, 5.41) is 67.6. The van der Waals surface area contributed by atoms with Crippen molar-refractivity contribution in [2.75, 3.05) is 11.5 Å². The smallest absolute Gasteiger partial charge is 0.352 e. The second-order valence-corrected chi connectivity index (χ2v) is 14.2. The second kappa shape index (κ2) is 14.8. The van der Waals surface area contributed by atoms with E-state index >= 15 is 0 Å². The number of amides is 4. The lowest BCUT2D eigenvalue weighted by Crippen LogP contribution is -2.71. The molecule has 0 unspecified atom stereocenters. The minimum absolute atomic E-state index is 0.0585. The summed E-state index contributed by atoms with van der Waals surface area (Å²) in [6, 6.07) is 5.97. The summed E-state index contributed by atoms with van der Waals surface area (Å²) in [7, 11) is 0. The number of nitrogens with zero attached hydrogens (tertiary/aromatic N) is 7. The van der Waals surface area contributed by atoms with E-state index in [1.807, 2.05) is 0 Å². The number of phenols is 4. The standard InChI is InChI=1S/C31H29N11O11S2/c1-31(2,29(52)37-36-24(47)13-4-6-17(44)19(46)8-13)53-39-20(15-11-55-30(32)33-15)25(48)34-21-26(49)42-22(28(50)51)14(10-54-27(21)42)9-41-38-23(35-40-41)12-3-5-16(43)18(45)7-12/h3-8,11,21,27,43-46H,9-10H2,1-2H3,(H2,32,33)(H,34,48)(H,36,47)(H,37,52)(H,50,51)/b39-20-/t21-,27-/m1/s1. The number of nitrogen functional groups attached to an aromatic ring is 1. The predicted molar refractivity (Wildman–Crippen MR) is 190 cm³/mol. The van der Waals surface area contributed by atoms with Crippen molar-refractivity contribution in [1.82, 2.24) is 46.3 Å². The molecule has 4 aromatic rings. The van der Waals surface area contributed by atoms with Gasteiger partial charge >= 0.3 is 5.97 Å². The van der Waals surface area contributed by atoms with Crippen LogP contribution in [0.4, 0.5) is 5.13 Å². The van der Waals surface area contributed by atoms with Crippen molar-refractivity contribution in [3.63, 3.8) is 0 Å². The van der Waals surface area contributed by atoms with Crippen LogP contribution >= 0.6 is 23.1 Å². The number of nitrogens with two attached hydrogens (primary N) is 1. The number of carbonyl (C=O) groups excluding carboxylic acids is 4. The number of carbonyl (C=O) groups is 5. The number of hydrazine groups is 1. The number of nitrogens with one attached hydrogen (secondary N) is 3. The molecule has 2 aromatic carbocycles. The Hall–Kier alpha value is -6.95. The number of thioether (sulfide) groups is 1. The third-order valence-electron chi connectivity index (χ3n) is 7.97. The minimum Gasteiger partial charge on any atom is -0.504 e. The van der Waals surface area contributed by atoms with Crippen LogP contribution in [0.5, 0.6) is 23.0 Å². The zero-order chi connectivity index (χ0) is 39.8. The van der Waals surface area contributed by atoms with E-state index in [4.69, 9.17) is 10.6 Å². The highest BCUT2D eigenvalue weighted by atomic mass is 32.2. The van der Waals surface area contributed by atoms with E-state index in [0.717, 1.165) is 44.9 Å². The van der Waals surface area contributed by atoms with Crippen molar-refractivity contribution in [3.05, 3.63) is 64.3 Å². The molecule has 0 saturated carbocycles. The molecule has 0 bridgehead atoms. The van der Waals surface area contributed by atoms with Crippen molar-refractivity contribution in [2.24, 2.45) is 5.16 Å². The van der Waals surface area contributed by atoms with E-state index in [1.165, 1.54) is 43.5 Å². The Morgan fingerprint density at radius 3 is 2.40 bits per heavy atom. The Kier molecular flexibility index (Phi) is 10.2.